The summed E-state index contributed by atoms with van der Waals surface area (Å²) in [5.41, 5.74) is 2.68. The number of para-hydroxylation sites is 1. The number of carbonyl (C=O) groups excluding carboxylic acids is 1. The van der Waals surface area contributed by atoms with Gasteiger partial charge in [0, 0.05) is 11.7 Å². The van der Waals surface area contributed by atoms with Gasteiger partial charge in [-0.25, -0.2) is 4.39 Å². The molecule has 1 amide bonds. The zero-order valence-corrected chi connectivity index (χ0v) is 12.8. The summed E-state index contributed by atoms with van der Waals surface area (Å²) >= 11 is 0. The molecule has 0 fully saturated rings. The van der Waals surface area contributed by atoms with E-state index in [0.29, 0.717) is 5.56 Å². The highest BCUT2D eigenvalue weighted by Crippen LogP contribution is 2.31. The number of rotatable bonds is 4. The molecule has 0 aliphatic carbocycles. The van der Waals surface area contributed by atoms with Crippen LogP contribution in [0.2, 0.25) is 0 Å². The normalized spacial score (nSPS) is 16.6. The minimum Gasteiger partial charge on any atom is -0.386 e. The minimum absolute atomic E-state index is 0.107. The maximum atomic E-state index is 13.0. The van der Waals surface area contributed by atoms with Crippen LogP contribution >= 0.6 is 0 Å². The first-order valence-corrected chi connectivity index (χ1v) is 7.46. The van der Waals surface area contributed by atoms with Gasteiger partial charge in [-0.2, -0.15) is 0 Å². The van der Waals surface area contributed by atoms with E-state index in [1.165, 1.54) is 18.3 Å². The molecule has 0 saturated heterocycles. The molecule has 1 atom stereocenters. The van der Waals surface area contributed by atoms with Gasteiger partial charge in [0.05, 0.1) is 6.21 Å². The fraction of sp³-hybridized carbons (Fsp3) is 0.222. The summed E-state index contributed by atoms with van der Waals surface area (Å²) < 4.78 is 13.0. The third kappa shape index (κ3) is 3.39. The first kappa shape index (κ1) is 15.2. The van der Waals surface area contributed by atoms with Crippen LogP contribution in [0.4, 0.5) is 10.1 Å². The van der Waals surface area contributed by atoms with Crippen molar-refractivity contribution in [1.29, 1.82) is 0 Å². The predicted octanol–water partition coefficient (Wildman–Crippen LogP) is 3.15. The van der Waals surface area contributed by atoms with Crippen LogP contribution in [0, 0.1) is 5.82 Å². The summed E-state index contributed by atoms with van der Waals surface area (Å²) in [6.45, 7) is 1.86. The topological polar surface area (TPSA) is 41.9 Å². The van der Waals surface area contributed by atoms with Crippen molar-refractivity contribution in [3.8, 4) is 0 Å². The molecule has 2 aromatic carbocycles. The predicted molar refractivity (Wildman–Crippen MR) is 87.0 cm³/mol. The number of hydrogen-bond acceptors (Lipinski definition) is 3. The lowest BCUT2D eigenvalue weighted by Crippen LogP contribution is -2.37. The van der Waals surface area contributed by atoms with E-state index in [1.807, 2.05) is 31.2 Å². The van der Waals surface area contributed by atoms with Crippen molar-refractivity contribution in [1.82, 2.24) is 0 Å². The lowest BCUT2D eigenvalue weighted by molar-refractivity contribution is -0.123. The van der Waals surface area contributed by atoms with E-state index < -0.39 is 0 Å². The number of anilines is 1. The number of nitrogens with zero attached hydrogens (tertiary/aromatic N) is 2. The Labute approximate surface area is 134 Å². The molecule has 0 bridgehead atoms. The Morgan fingerprint density at radius 1 is 1.35 bits per heavy atom. The van der Waals surface area contributed by atoms with E-state index >= 15 is 0 Å². The average molecular weight is 312 g/mol. The maximum Gasteiger partial charge on any atom is 0.268 e. The second-order valence-corrected chi connectivity index (χ2v) is 5.51. The van der Waals surface area contributed by atoms with Gasteiger partial charge < -0.3 is 9.74 Å². The largest absolute Gasteiger partial charge is 0.386 e. The van der Waals surface area contributed by atoms with Crippen molar-refractivity contribution >= 4 is 17.8 Å². The molecule has 0 N–H and O–H groups in total. The lowest BCUT2D eigenvalue weighted by Gasteiger charge is -2.21. The molecule has 0 saturated carbocycles. The van der Waals surface area contributed by atoms with Crippen LogP contribution in [-0.2, 0) is 16.1 Å². The summed E-state index contributed by atoms with van der Waals surface area (Å²) in [6, 6.07) is 14.0. The maximum absolute atomic E-state index is 13.0. The molecule has 4 nitrogen and oxygen atoms in total. The Balaban J connectivity index is 1.60. The fourth-order valence-electron chi connectivity index (χ4n) is 2.79. The Hall–Kier alpha value is -2.69. The van der Waals surface area contributed by atoms with Crippen LogP contribution in [0.1, 0.15) is 18.1 Å². The average Bonchev–Trinajstić information content (AvgIpc) is 2.87. The first-order valence-electron chi connectivity index (χ1n) is 7.46. The molecule has 0 unspecified atom stereocenters. The molecule has 23 heavy (non-hydrogen) atoms. The number of amides is 1. The Kier molecular flexibility index (Phi) is 4.37. The first-order chi connectivity index (χ1) is 11.1. The quantitative estimate of drug-likeness (QED) is 0.643. The molecule has 2 aromatic rings. The van der Waals surface area contributed by atoms with Gasteiger partial charge in [-0.15, -0.1) is 0 Å². The van der Waals surface area contributed by atoms with Gasteiger partial charge in [-0.05, 0) is 42.7 Å². The van der Waals surface area contributed by atoms with Crippen molar-refractivity contribution < 1.29 is 14.0 Å². The highest BCUT2D eigenvalue weighted by Gasteiger charge is 2.30. The van der Waals surface area contributed by atoms with Crippen LogP contribution in [0.25, 0.3) is 0 Å². The van der Waals surface area contributed by atoms with Crippen LogP contribution < -0.4 is 4.90 Å². The van der Waals surface area contributed by atoms with Crippen molar-refractivity contribution in [3.63, 3.8) is 0 Å². The summed E-state index contributed by atoms with van der Waals surface area (Å²) in [7, 11) is 0. The van der Waals surface area contributed by atoms with Crippen LogP contribution in [0.15, 0.2) is 53.7 Å². The van der Waals surface area contributed by atoms with Crippen LogP contribution in [0.5, 0.6) is 0 Å². The molecule has 0 aromatic heterocycles. The summed E-state index contributed by atoms with van der Waals surface area (Å²) in [5.74, 6) is -0.480. The number of halogens is 1. The second kappa shape index (κ2) is 6.60. The smallest absolute Gasteiger partial charge is 0.268 e. The molecule has 1 heterocycles. The van der Waals surface area contributed by atoms with Crippen molar-refractivity contribution in [2.24, 2.45) is 5.16 Å². The van der Waals surface area contributed by atoms with E-state index in [4.69, 9.17) is 4.84 Å². The van der Waals surface area contributed by atoms with E-state index in [2.05, 4.69) is 5.16 Å². The van der Waals surface area contributed by atoms with Crippen molar-refractivity contribution in [3.05, 3.63) is 65.5 Å². The summed E-state index contributed by atoms with van der Waals surface area (Å²) in [6.07, 6.45) is 2.23. The highest BCUT2D eigenvalue weighted by molar-refractivity contribution is 5.97. The van der Waals surface area contributed by atoms with E-state index in [-0.39, 0.29) is 24.4 Å². The Bertz CT molecular complexity index is 745. The molecule has 5 heteroatoms. The molecule has 0 radical (unpaired) electrons. The number of oxime groups is 1. The van der Waals surface area contributed by atoms with Gasteiger partial charge in [0.2, 0.25) is 0 Å². The molecule has 3 rings (SSSR count). The minimum atomic E-state index is -0.340. The molecular weight excluding hydrogens is 295 g/mol. The third-order valence-electron chi connectivity index (χ3n) is 3.79. The summed E-state index contributed by atoms with van der Waals surface area (Å²) in [4.78, 5) is 19.2. The highest BCUT2D eigenvalue weighted by atomic mass is 19.1. The molecule has 1 aliphatic heterocycles. The number of benzene rings is 2. The molecular formula is C18H17FN2O2. The van der Waals surface area contributed by atoms with Gasteiger partial charge in [0.15, 0.2) is 6.61 Å². The van der Waals surface area contributed by atoms with Crippen LogP contribution in [-0.4, -0.2) is 24.8 Å². The van der Waals surface area contributed by atoms with Crippen LogP contribution in [0.3, 0.4) is 0 Å². The summed E-state index contributed by atoms with van der Waals surface area (Å²) in [5, 5.41) is 3.74. The molecule has 1 aliphatic rings. The number of hydrogen-bond donors (Lipinski definition) is 0. The number of fused-ring (bicyclic) bond motifs is 1. The standard InChI is InChI=1S/C18H17FN2O2/c1-13-9-15-6-2-3-8-17(15)21(13)18(22)12-23-20-11-14-5-4-7-16(19)10-14/h2-8,10-11,13H,9,12H2,1H3/b20-11-/t13-/m1/s1. The zero-order valence-electron chi connectivity index (χ0n) is 12.8. The fourth-order valence-corrected chi connectivity index (χ4v) is 2.79. The van der Waals surface area contributed by atoms with Gasteiger partial charge in [-0.1, -0.05) is 35.5 Å². The van der Waals surface area contributed by atoms with Crippen molar-refractivity contribution in [2.75, 3.05) is 11.5 Å². The Morgan fingerprint density at radius 3 is 3.00 bits per heavy atom. The van der Waals surface area contributed by atoms with Gasteiger partial charge >= 0.3 is 0 Å². The van der Waals surface area contributed by atoms with E-state index in [9.17, 15) is 9.18 Å². The van der Waals surface area contributed by atoms with Crippen molar-refractivity contribution in [2.45, 2.75) is 19.4 Å². The van der Waals surface area contributed by atoms with Gasteiger partial charge in [0.1, 0.15) is 5.82 Å². The van der Waals surface area contributed by atoms with Gasteiger partial charge in [0.25, 0.3) is 5.91 Å². The van der Waals surface area contributed by atoms with Gasteiger partial charge in [-0.3, -0.25) is 4.79 Å². The lowest BCUT2D eigenvalue weighted by atomic mass is 10.1. The number of carbonyl (C=O) groups is 1. The second-order valence-electron chi connectivity index (χ2n) is 5.51. The Morgan fingerprint density at radius 2 is 2.17 bits per heavy atom. The molecule has 118 valence electrons. The third-order valence-corrected chi connectivity index (χ3v) is 3.79. The zero-order chi connectivity index (χ0) is 16.2. The monoisotopic (exact) mass is 312 g/mol. The van der Waals surface area contributed by atoms with E-state index in [0.717, 1.165) is 17.7 Å². The van der Waals surface area contributed by atoms with E-state index in [1.54, 1.807) is 17.0 Å². The SMILES string of the molecule is C[C@@H]1Cc2ccccc2N1C(=O)CO/N=C\c1cccc(F)c1. The molecule has 0 spiro atoms.